The van der Waals surface area contributed by atoms with E-state index in [4.69, 9.17) is 9.66 Å². The summed E-state index contributed by atoms with van der Waals surface area (Å²) in [6.45, 7) is -0.209. The van der Waals surface area contributed by atoms with Crippen molar-refractivity contribution in [3.63, 3.8) is 0 Å². The zero-order chi connectivity index (χ0) is 6.62. The number of rotatable bonds is 3. The maximum atomic E-state index is 9.83. The second-order valence-electron chi connectivity index (χ2n) is 1.36. The standard InChI is InChI=1S/C3H8O4S.Sn/c4-2-1-3-8(5,6)7;/h4H,1-3H2,(H,5,6,7);. The van der Waals surface area contributed by atoms with E-state index in [1.807, 2.05) is 0 Å². The molecule has 6 heteroatoms. The first-order chi connectivity index (χ1) is 3.56. The average Bonchev–Trinajstić information content (AvgIpc) is 1.59. The van der Waals surface area contributed by atoms with Crippen LogP contribution in [0.5, 0.6) is 0 Å². The molecule has 0 aromatic rings. The summed E-state index contributed by atoms with van der Waals surface area (Å²) in [6, 6.07) is 0. The zero-order valence-electron chi connectivity index (χ0n) is 4.74. The minimum Gasteiger partial charge on any atom is -0.396 e. The predicted octanol–water partition coefficient (Wildman–Crippen LogP) is -1.12. The van der Waals surface area contributed by atoms with Gasteiger partial charge in [-0.3, -0.25) is 4.55 Å². The minimum absolute atomic E-state index is 0. The third-order valence-electron chi connectivity index (χ3n) is 0.560. The van der Waals surface area contributed by atoms with E-state index in [1.54, 1.807) is 0 Å². The van der Waals surface area contributed by atoms with Gasteiger partial charge in [-0.1, -0.05) is 0 Å². The number of aliphatic hydroxyl groups excluding tert-OH is 1. The maximum Gasteiger partial charge on any atom is 0.264 e. The summed E-state index contributed by atoms with van der Waals surface area (Å²) in [4.78, 5) is 0. The summed E-state index contributed by atoms with van der Waals surface area (Å²) in [5.74, 6) is -0.358. The molecule has 0 heterocycles. The van der Waals surface area contributed by atoms with Gasteiger partial charge in [0.2, 0.25) is 0 Å². The van der Waals surface area contributed by atoms with Gasteiger partial charge in [-0.05, 0) is 6.42 Å². The molecule has 2 N–H and O–H groups in total. The van der Waals surface area contributed by atoms with Crippen LogP contribution in [0.15, 0.2) is 0 Å². The molecule has 0 spiro atoms. The van der Waals surface area contributed by atoms with Crippen LogP contribution in [0.3, 0.4) is 0 Å². The molecular formula is C3H8O4SSn. The Labute approximate surface area is 71.0 Å². The van der Waals surface area contributed by atoms with Crippen LogP contribution in [0.25, 0.3) is 0 Å². The van der Waals surface area contributed by atoms with Gasteiger partial charge >= 0.3 is 0 Å². The summed E-state index contributed by atoms with van der Waals surface area (Å²) in [5, 5.41) is 8.05. The monoisotopic (exact) mass is 260 g/mol. The molecule has 0 aromatic carbocycles. The second-order valence-corrected chi connectivity index (χ2v) is 2.94. The molecule has 0 aromatic heterocycles. The fourth-order valence-corrected chi connectivity index (χ4v) is 0.741. The molecule has 9 heavy (non-hydrogen) atoms. The van der Waals surface area contributed by atoms with Gasteiger partial charge in [-0.2, -0.15) is 8.42 Å². The Morgan fingerprint density at radius 2 is 1.78 bits per heavy atom. The molecule has 0 amide bonds. The van der Waals surface area contributed by atoms with E-state index in [2.05, 4.69) is 0 Å². The SMILES string of the molecule is O=S(=O)(O)CCCO.[Sn]. The molecule has 0 rings (SSSR count). The van der Waals surface area contributed by atoms with Gasteiger partial charge in [0, 0.05) is 30.5 Å². The Hall–Kier alpha value is 0.669. The first-order valence-electron chi connectivity index (χ1n) is 2.12. The van der Waals surface area contributed by atoms with Crippen molar-refractivity contribution in [2.75, 3.05) is 12.4 Å². The molecule has 0 saturated heterocycles. The van der Waals surface area contributed by atoms with E-state index in [0.29, 0.717) is 0 Å². The Morgan fingerprint density at radius 1 is 1.33 bits per heavy atom. The topological polar surface area (TPSA) is 74.6 Å². The quantitative estimate of drug-likeness (QED) is 0.497. The number of aliphatic hydroxyl groups is 1. The molecule has 0 aliphatic rings. The normalized spacial score (nSPS) is 10.4. The zero-order valence-corrected chi connectivity index (χ0v) is 8.41. The third kappa shape index (κ3) is 12.0. The molecule has 0 unspecified atom stereocenters. The van der Waals surface area contributed by atoms with E-state index in [0.717, 1.165) is 0 Å². The van der Waals surface area contributed by atoms with Crippen molar-refractivity contribution in [3.8, 4) is 0 Å². The van der Waals surface area contributed by atoms with Gasteiger partial charge in [0.25, 0.3) is 10.1 Å². The van der Waals surface area contributed by atoms with Crippen molar-refractivity contribution in [3.05, 3.63) is 0 Å². The number of hydrogen-bond donors (Lipinski definition) is 2. The van der Waals surface area contributed by atoms with Crippen molar-refractivity contribution in [1.29, 1.82) is 0 Å². The van der Waals surface area contributed by atoms with E-state index >= 15 is 0 Å². The average molecular weight is 259 g/mol. The molecular weight excluding hydrogens is 251 g/mol. The predicted molar refractivity (Wildman–Crippen MR) is 33.9 cm³/mol. The molecule has 0 saturated carbocycles. The molecule has 0 atom stereocenters. The third-order valence-corrected chi connectivity index (χ3v) is 1.36. The largest absolute Gasteiger partial charge is 0.396 e. The van der Waals surface area contributed by atoms with Gasteiger partial charge in [0.15, 0.2) is 0 Å². The van der Waals surface area contributed by atoms with Crippen LogP contribution >= 0.6 is 0 Å². The van der Waals surface area contributed by atoms with Crippen molar-refractivity contribution < 1.29 is 18.1 Å². The van der Waals surface area contributed by atoms with E-state index < -0.39 is 10.1 Å². The molecule has 54 valence electrons. The molecule has 0 aliphatic heterocycles. The van der Waals surface area contributed by atoms with Crippen LogP contribution in [0.2, 0.25) is 0 Å². The summed E-state index contributed by atoms with van der Waals surface area (Å²) in [7, 11) is -3.85. The van der Waals surface area contributed by atoms with Crippen LogP contribution in [0.4, 0.5) is 0 Å². The smallest absolute Gasteiger partial charge is 0.264 e. The fraction of sp³-hybridized carbons (Fsp3) is 1.00. The molecule has 0 fully saturated rings. The fourth-order valence-electron chi connectivity index (χ4n) is 0.247. The van der Waals surface area contributed by atoms with Crippen LogP contribution in [-0.2, 0) is 10.1 Å². The minimum atomic E-state index is -3.85. The molecule has 4 radical (unpaired) electrons. The maximum absolute atomic E-state index is 9.83. The van der Waals surface area contributed by atoms with Crippen LogP contribution in [0, 0.1) is 0 Å². The number of hydrogen-bond acceptors (Lipinski definition) is 3. The van der Waals surface area contributed by atoms with Crippen LogP contribution in [-0.4, -0.2) is 54.3 Å². The first kappa shape index (κ1) is 12.4. The second kappa shape index (κ2) is 5.45. The van der Waals surface area contributed by atoms with E-state index in [9.17, 15) is 8.42 Å². The van der Waals surface area contributed by atoms with Gasteiger partial charge in [-0.15, -0.1) is 0 Å². The molecule has 0 aliphatic carbocycles. The van der Waals surface area contributed by atoms with E-state index in [-0.39, 0.29) is 42.7 Å². The van der Waals surface area contributed by atoms with Crippen molar-refractivity contribution in [2.45, 2.75) is 6.42 Å². The Kier molecular flexibility index (Phi) is 7.49. The first-order valence-corrected chi connectivity index (χ1v) is 3.73. The summed E-state index contributed by atoms with van der Waals surface area (Å²) < 4.78 is 27.7. The summed E-state index contributed by atoms with van der Waals surface area (Å²) in [6.07, 6.45) is 0.0961. The van der Waals surface area contributed by atoms with Crippen molar-refractivity contribution >= 4 is 34.0 Å². The Bertz CT molecular complexity index is 140. The van der Waals surface area contributed by atoms with E-state index in [1.165, 1.54) is 0 Å². The summed E-state index contributed by atoms with van der Waals surface area (Å²) in [5.41, 5.74) is 0. The van der Waals surface area contributed by atoms with Crippen molar-refractivity contribution in [2.24, 2.45) is 0 Å². The van der Waals surface area contributed by atoms with Gasteiger partial charge in [-0.25, -0.2) is 0 Å². The molecule has 4 nitrogen and oxygen atoms in total. The van der Waals surface area contributed by atoms with Gasteiger partial charge in [0.05, 0.1) is 5.75 Å². The van der Waals surface area contributed by atoms with Crippen LogP contribution in [0.1, 0.15) is 6.42 Å². The summed E-state index contributed by atoms with van der Waals surface area (Å²) >= 11 is 0. The van der Waals surface area contributed by atoms with Crippen LogP contribution < -0.4 is 0 Å². The van der Waals surface area contributed by atoms with Crippen molar-refractivity contribution in [1.82, 2.24) is 0 Å². The molecule has 0 bridgehead atoms. The Balaban J connectivity index is 0. The Morgan fingerprint density at radius 3 is 1.89 bits per heavy atom. The van der Waals surface area contributed by atoms with Gasteiger partial charge in [0.1, 0.15) is 0 Å². The van der Waals surface area contributed by atoms with Gasteiger partial charge < -0.3 is 5.11 Å².